The van der Waals surface area contributed by atoms with Crippen LogP contribution in [-0.4, -0.2) is 185 Å². The average Bonchev–Trinajstić information content (AvgIpc) is 1.92. The van der Waals surface area contributed by atoms with E-state index in [1.807, 2.05) is 121 Å². The second kappa shape index (κ2) is 45.4. The number of benzene rings is 8. The molecule has 0 amide bonds. The number of hydrogen-bond donors (Lipinski definition) is 4. The molecule has 102 heavy (non-hydrogen) atoms. The van der Waals surface area contributed by atoms with Crippen LogP contribution in [0.4, 0.5) is 0 Å². The van der Waals surface area contributed by atoms with Gasteiger partial charge in [-0.25, -0.2) is 0 Å². The Bertz CT molecular complexity index is 2930. The SMILES string of the molecule is CCC(COCC(O)CN(Cc1ccccc1)Cc1ccccc1)(COCC(O)CN(Cc1ccccc1)Cc1ccccc1)COCC(O)CN(Cc1ccccc1)Cc1ccccc1.CCC(COCC1CO1)(COCC1CO1)COCC1CO1.c1ccc(CNCc2ccccc2)cc1. The zero-order valence-electron chi connectivity index (χ0n) is 60.2. The minimum Gasteiger partial charge on any atom is -0.389 e. The normalized spacial score (nSPS) is 17.3. The summed E-state index contributed by atoms with van der Waals surface area (Å²) in [5.74, 6) is 0. The molecule has 548 valence electrons. The largest absolute Gasteiger partial charge is 0.389 e. The Morgan fingerprint density at radius 2 is 0.520 bits per heavy atom. The number of ether oxygens (including phenoxy) is 9. The molecule has 3 fully saturated rings. The number of nitrogens with one attached hydrogen (secondary N) is 1. The lowest BCUT2D eigenvalue weighted by atomic mass is 9.88. The highest BCUT2D eigenvalue weighted by Crippen LogP contribution is 2.28. The van der Waals surface area contributed by atoms with Gasteiger partial charge in [0.1, 0.15) is 18.3 Å². The van der Waals surface area contributed by atoms with E-state index in [1.54, 1.807) is 0 Å². The lowest BCUT2D eigenvalue weighted by molar-refractivity contribution is -0.104. The smallest absolute Gasteiger partial charge is 0.104 e. The summed E-state index contributed by atoms with van der Waals surface area (Å²) in [6, 6.07) is 82.8. The number of aliphatic hydroxyl groups excluding tert-OH is 3. The number of hydrogen-bond acceptors (Lipinski definition) is 16. The van der Waals surface area contributed by atoms with Crippen LogP contribution in [-0.2, 0) is 95.0 Å². The Morgan fingerprint density at radius 3 is 0.716 bits per heavy atom. The first kappa shape index (κ1) is 79.2. The standard InChI is InChI=1S/C57H71N3O6.C15H26O6.C14H15N/c1-2-57(45-64-42-54(61)39-58(33-48-21-9-3-10-22-48)34-49-23-11-4-12-24-49,46-65-43-55(62)40-59(35-50-25-13-5-14-26-50)36-51-27-15-6-16-28-51)47-66-44-56(63)41-60(37-52-29-17-7-18-30-52)38-53-31-19-8-20-32-53;1-2-15(9-16-3-12-6-19-12,10-17-4-13-7-20-13)11-18-5-14-8-21-14;1-3-7-13(8-4-1)11-15-12-14-9-5-2-6-10-14/h3-32,54-56,61-63H,2,33-47H2,1H3;12-14H,2-11H2,1H3;1-10,15H,11-12H2. The molecule has 0 saturated carbocycles. The van der Waals surface area contributed by atoms with Gasteiger partial charge < -0.3 is 63.3 Å². The van der Waals surface area contributed by atoms with Crippen LogP contribution in [0.3, 0.4) is 0 Å². The molecule has 8 aromatic carbocycles. The maximum atomic E-state index is 11.4. The van der Waals surface area contributed by atoms with Crippen molar-refractivity contribution < 1.29 is 58.0 Å². The Kier molecular flexibility index (Phi) is 35.2. The highest BCUT2D eigenvalue weighted by molar-refractivity contribution is 5.21. The van der Waals surface area contributed by atoms with E-state index < -0.39 is 23.7 Å². The van der Waals surface area contributed by atoms with Crippen molar-refractivity contribution >= 4 is 0 Å². The first-order valence-corrected chi connectivity index (χ1v) is 36.6. The van der Waals surface area contributed by atoms with Crippen molar-refractivity contribution in [1.82, 2.24) is 20.0 Å². The quantitative estimate of drug-likeness (QED) is 0.0265. The highest BCUT2D eigenvalue weighted by atomic mass is 16.6. The fourth-order valence-corrected chi connectivity index (χ4v) is 12.0. The van der Waals surface area contributed by atoms with Gasteiger partial charge in [-0.1, -0.05) is 257 Å². The molecule has 3 heterocycles. The van der Waals surface area contributed by atoms with E-state index >= 15 is 0 Å². The summed E-state index contributed by atoms with van der Waals surface area (Å²) < 4.78 is 52.1. The summed E-state index contributed by atoms with van der Waals surface area (Å²) in [7, 11) is 0. The van der Waals surface area contributed by atoms with Gasteiger partial charge >= 0.3 is 0 Å². The van der Waals surface area contributed by atoms with Gasteiger partial charge in [0.2, 0.25) is 0 Å². The molecule has 4 N–H and O–H groups in total. The third-order valence-electron chi connectivity index (χ3n) is 18.2. The topological polar surface area (TPSA) is 175 Å². The fraction of sp³-hybridized carbons (Fsp3) is 0.442. The van der Waals surface area contributed by atoms with E-state index in [1.165, 1.54) is 44.5 Å². The minimum atomic E-state index is -0.738. The summed E-state index contributed by atoms with van der Waals surface area (Å²) in [4.78, 5) is 6.75. The van der Waals surface area contributed by atoms with E-state index in [-0.39, 0.29) is 45.1 Å². The third-order valence-corrected chi connectivity index (χ3v) is 18.2. The maximum Gasteiger partial charge on any atom is 0.104 e. The molecule has 0 spiro atoms. The summed E-state index contributed by atoms with van der Waals surface area (Å²) in [6.45, 7) is 19.2. The van der Waals surface area contributed by atoms with Gasteiger partial charge in [-0.2, -0.15) is 0 Å². The molecule has 0 aliphatic carbocycles. The van der Waals surface area contributed by atoms with Crippen molar-refractivity contribution in [2.45, 2.75) is 116 Å². The molecule has 16 heteroatoms. The molecular weight excluding hydrogens is 1280 g/mol. The molecule has 16 nitrogen and oxygen atoms in total. The van der Waals surface area contributed by atoms with Gasteiger partial charge in [0.05, 0.1) is 117 Å². The lowest BCUT2D eigenvalue weighted by Gasteiger charge is -2.34. The minimum absolute atomic E-state index is 0.0985. The molecule has 11 rings (SSSR count). The van der Waals surface area contributed by atoms with Gasteiger partial charge in [-0.15, -0.1) is 0 Å². The summed E-state index contributed by atoms with van der Waals surface area (Å²) in [5.41, 5.74) is 9.02. The molecule has 8 aromatic rings. The Hall–Kier alpha value is -6.88. The second-order valence-electron chi connectivity index (χ2n) is 27.6. The number of aliphatic hydroxyl groups is 3. The van der Waals surface area contributed by atoms with Crippen molar-refractivity contribution in [2.24, 2.45) is 10.8 Å². The molecule has 3 saturated heterocycles. The van der Waals surface area contributed by atoms with E-state index in [4.69, 9.17) is 42.6 Å². The first-order valence-electron chi connectivity index (χ1n) is 36.6. The number of nitrogens with zero attached hydrogens (tertiary/aromatic N) is 3. The average molecular weight is 1390 g/mol. The highest BCUT2D eigenvalue weighted by Gasteiger charge is 2.35. The van der Waals surface area contributed by atoms with Gasteiger partial charge in [-0.3, -0.25) is 14.7 Å². The van der Waals surface area contributed by atoms with Crippen molar-refractivity contribution in [1.29, 1.82) is 0 Å². The van der Waals surface area contributed by atoms with E-state index in [9.17, 15) is 15.3 Å². The van der Waals surface area contributed by atoms with Gasteiger partial charge in [-0.05, 0) is 57.3 Å². The summed E-state index contributed by atoms with van der Waals surface area (Å²) in [5, 5.41) is 37.7. The van der Waals surface area contributed by atoms with Crippen molar-refractivity contribution in [3.05, 3.63) is 287 Å². The maximum absolute atomic E-state index is 11.4. The molecular formula is C86H112N4O12. The predicted octanol–water partition coefficient (Wildman–Crippen LogP) is 12.2. The Balaban J connectivity index is 0.000000268. The van der Waals surface area contributed by atoms with Gasteiger partial charge in [0, 0.05) is 82.8 Å². The second-order valence-corrected chi connectivity index (χ2v) is 27.6. The van der Waals surface area contributed by atoms with Gasteiger partial charge in [0.25, 0.3) is 0 Å². The number of epoxide rings is 3. The van der Waals surface area contributed by atoms with Crippen molar-refractivity contribution in [3.8, 4) is 0 Å². The first-order chi connectivity index (χ1) is 50.1. The third kappa shape index (κ3) is 32.4. The molecule has 6 unspecified atom stereocenters. The van der Waals surface area contributed by atoms with Crippen LogP contribution in [0, 0.1) is 10.8 Å². The van der Waals surface area contributed by atoms with Crippen LogP contribution < -0.4 is 5.32 Å². The number of rotatable bonds is 48. The van der Waals surface area contributed by atoms with E-state index in [2.05, 4.69) is 155 Å². The Morgan fingerprint density at radius 1 is 0.324 bits per heavy atom. The predicted molar refractivity (Wildman–Crippen MR) is 402 cm³/mol. The van der Waals surface area contributed by atoms with Crippen molar-refractivity contribution in [2.75, 3.05) is 119 Å². The van der Waals surface area contributed by atoms with Crippen LogP contribution in [0.25, 0.3) is 0 Å². The monoisotopic (exact) mass is 1390 g/mol. The molecule has 6 atom stereocenters. The summed E-state index contributed by atoms with van der Waals surface area (Å²) >= 11 is 0. The van der Waals surface area contributed by atoms with Crippen LogP contribution in [0.2, 0.25) is 0 Å². The molecule has 0 radical (unpaired) electrons. The zero-order chi connectivity index (χ0) is 71.0. The Labute approximate surface area is 607 Å². The van der Waals surface area contributed by atoms with E-state index in [0.29, 0.717) is 123 Å². The zero-order valence-corrected chi connectivity index (χ0v) is 60.2. The van der Waals surface area contributed by atoms with Crippen LogP contribution >= 0.6 is 0 Å². The molecule has 0 bridgehead atoms. The van der Waals surface area contributed by atoms with E-state index in [0.717, 1.165) is 39.3 Å². The van der Waals surface area contributed by atoms with Crippen LogP contribution in [0.1, 0.15) is 71.2 Å². The van der Waals surface area contributed by atoms with Crippen molar-refractivity contribution in [3.63, 3.8) is 0 Å². The molecule has 0 aromatic heterocycles. The van der Waals surface area contributed by atoms with Crippen LogP contribution in [0.5, 0.6) is 0 Å². The van der Waals surface area contributed by atoms with Gasteiger partial charge in [0.15, 0.2) is 0 Å². The molecule has 3 aliphatic heterocycles. The van der Waals surface area contributed by atoms with Crippen LogP contribution in [0.15, 0.2) is 243 Å². The lowest BCUT2D eigenvalue weighted by Crippen LogP contribution is -2.42. The molecule has 3 aliphatic rings. The summed E-state index contributed by atoms with van der Waals surface area (Å²) in [6.07, 6.45) is 0.276. The fourth-order valence-electron chi connectivity index (χ4n) is 12.0.